The van der Waals surface area contributed by atoms with E-state index in [4.69, 9.17) is 27.0 Å². The van der Waals surface area contributed by atoms with Crippen molar-refractivity contribution in [3.05, 3.63) is 12.7 Å². The fraction of sp³-hybridized carbons (Fsp3) is 0.906. The average Bonchev–Trinajstić information content (AvgIpc) is 3.51. The minimum Gasteiger partial charge on any atom is -0.726 e. The quantitative estimate of drug-likeness (QED) is 0.155. The van der Waals surface area contributed by atoms with Crippen LogP contribution < -0.4 is 0 Å². The molecular formula is C32H54N2O8S. The van der Waals surface area contributed by atoms with Gasteiger partial charge >= 0.3 is 5.97 Å². The number of nitrogens with zero attached hydrogens (tertiary/aromatic N) is 2. The van der Waals surface area contributed by atoms with E-state index in [0.29, 0.717) is 29.7 Å². The SMILES string of the molecule is C=CC[N+]1([C@H]2C[C@H]3[C@@H]4CC[C@H]5C[C@H](O)[C@@H](N6CCOCC6)C[C@]5(C)[C@H]4CC[C@]3(C)[C@H]2OC(C)=O)CCCC1.O=S(=O)([O-])O. The van der Waals surface area contributed by atoms with Crippen molar-refractivity contribution in [2.75, 3.05) is 45.9 Å². The molecule has 4 saturated carbocycles. The molecule has 0 aromatic rings. The minimum absolute atomic E-state index is 0.0174. The lowest BCUT2D eigenvalue weighted by molar-refractivity contribution is -0.937. The highest BCUT2D eigenvalue weighted by atomic mass is 32.3. The van der Waals surface area contributed by atoms with Gasteiger partial charge in [-0.2, -0.15) is 0 Å². The number of quaternary nitrogens is 1. The number of hydrogen-bond acceptors (Lipinski definition) is 8. The van der Waals surface area contributed by atoms with E-state index in [1.807, 2.05) is 0 Å². The first-order chi connectivity index (χ1) is 20.2. The standard InChI is InChI=1S/C32H53N2O4.H2O4S/c1-5-14-34(15-6-7-16-34)28-20-26-24-9-8-23-19-29(36)27(33-12-17-37-18-13-33)21-32(23,4)25(24)10-11-31(26,3)30(28)38-22(2)35;1-5(2,3)4/h5,23-30,36H,1,6-21H2,2-4H3;(H2,1,2,3,4)/q+1;/p-1/t23-,24+,25-,26-,27-,28-,29-,30-,31-,32-;/m0./s1. The number of carbonyl (C=O) groups excluding carboxylic acids is 1. The molecule has 0 spiro atoms. The van der Waals surface area contributed by atoms with Crippen LogP contribution in [0.4, 0.5) is 0 Å². The Hall–Kier alpha value is -1.08. The largest absolute Gasteiger partial charge is 0.726 e. The van der Waals surface area contributed by atoms with Crippen molar-refractivity contribution in [2.45, 2.75) is 103 Å². The molecule has 10 atom stereocenters. The van der Waals surface area contributed by atoms with Crippen molar-refractivity contribution in [3.63, 3.8) is 0 Å². The van der Waals surface area contributed by atoms with Crippen molar-refractivity contribution in [1.82, 2.24) is 4.90 Å². The Morgan fingerprint density at radius 3 is 2.37 bits per heavy atom. The monoisotopic (exact) mass is 626 g/mol. The lowest BCUT2D eigenvalue weighted by Gasteiger charge is -2.62. The van der Waals surface area contributed by atoms with Crippen molar-refractivity contribution < 1.29 is 41.4 Å². The number of hydrogen-bond donors (Lipinski definition) is 2. The zero-order valence-corrected chi connectivity index (χ0v) is 27.2. The molecule has 2 aliphatic heterocycles. The first-order valence-electron chi connectivity index (χ1n) is 16.5. The number of aliphatic hydroxyl groups is 1. The molecule has 6 aliphatic rings. The normalized spacial score (nSPS) is 44.2. The Bertz CT molecular complexity index is 1110. The number of esters is 1. The van der Waals surface area contributed by atoms with Gasteiger partial charge in [0.15, 0.2) is 6.10 Å². The van der Waals surface area contributed by atoms with Gasteiger partial charge in [-0.3, -0.25) is 14.2 Å². The Morgan fingerprint density at radius 1 is 1.12 bits per heavy atom. The third-order valence-electron chi connectivity index (χ3n) is 13.1. The second-order valence-corrected chi connectivity index (χ2v) is 15.9. The first-order valence-corrected chi connectivity index (χ1v) is 17.9. The van der Waals surface area contributed by atoms with Gasteiger partial charge in [0.05, 0.1) is 39.0 Å². The Kier molecular flexibility index (Phi) is 9.76. The molecule has 2 heterocycles. The molecule has 0 radical (unpaired) electrons. The zero-order chi connectivity index (χ0) is 31.2. The highest BCUT2D eigenvalue weighted by molar-refractivity contribution is 7.79. The number of likely N-dealkylation sites (tertiary alicyclic amines) is 1. The van der Waals surface area contributed by atoms with Gasteiger partial charge in [0, 0.05) is 50.7 Å². The maximum Gasteiger partial charge on any atom is 0.303 e. The van der Waals surface area contributed by atoms with Crippen LogP contribution in [0, 0.1) is 34.5 Å². The molecule has 6 fully saturated rings. The summed E-state index contributed by atoms with van der Waals surface area (Å²) in [6, 6.07) is 0.663. The maximum absolute atomic E-state index is 12.5. The van der Waals surface area contributed by atoms with Crippen LogP contribution in [-0.2, 0) is 24.7 Å². The third-order valence-corrected chi connectivity index (χ3v) is 13.1. The maximum atomic E-state index is 12.5. The van der Waals surface area contributed by atoms with Gasteiger partial charge in [0.25, 0.3) is 0 Å². The smallest absolute Gasteiger partial charge is 0.303 e. The highest BCUT2D eigenvalue weighted by Gasteiger charge is 2.67. The van der Waals surface area contributed by atoms with Crippen LogP contribution in [0.3, 0.4) is 0 Å². The van der Waals surface area contributed by atoms with Crippen LogP contribution in [0.5, 0.6) is 0 Å². The van der Waals surface area contributed by atoms with Crippen molar-refractivity contribution in [1.29, 1.82) is 0 Å². The zero-order valence-electron chi connectivity index (χ0n) is 26.4. The lowest BCUT2D eigenvalue weighted by atomic mass is 9.44. The van der Waals surface area contributed by atoms with Gasteiger partial charge < -0.3 is 23.6 Å². The van der Waals surface area contributed by atoms with E-state index in [1.54, 1.807) is 6.92 Å². The van der Waals surface area contributed by atoms with Crippen molar-refractivity contribution in [2.24, 2.45) is 34.5 Å². The number of morpholine rings is 1. The van der Waals surface area contributed by atoms with Gasteiger partial charge in [-0.25, -0.2) is 8.42 Å². The van der Waals surface area contributed by atoms with Crippen LogP contribution in [-0.4, -0.2) is 108 Å². The average molecular weight is 627 g/mol. The van der Waals surface area contributed by atoms with E-state index < -0.39 is 10.4 Å². The fourth-order valence-electron chi connectivity index (χ4n) is 11.3. The third kappa shape index (κ3) is 6.46. The predicted octanol–water partition coefficient (Wildman–Crippen LogP) is 3.41. The van der Waals surface area contributed by atoms with Crippen LogP contribution in [0.15, 0.2) is 12.7 Å². The fourth-order valence-corrected chi connectivity index (χ4v) is 11.3. The minimum atomic E-state index is -4.92. The Labute approximate surface area is 258 Å². The number of ether oxygens (including phenoxy) is 2. The summed E-state index contributed by atoms with van der Waals surface area (Å²) < 4.78 is 45.9. The summed E-state index contributed by atoms with van der Waals surface area (Å²) >= 11 is 0. The summed E-state index contributed by atoms with van der Waals surface area (Å²) in [4.78, 5) is 15.0. The van der Waals surface area contributed by atoms with Crippen LogP contribution in [0.1, 0.15) is 78.6 Å². The van der Waals surface area contributed by atoms with Crippen molar-refractivity contribution >= 4 is 16.4 Å². The number of rotatable bonds is 5. The Morgan fingerprint density at radius 2 is 1.77 bits per heavy atom. The second kappa shape index (κ2) is 12.6. The first kappa shape index (κ1) is 33.3. The molecule has 246 valence electrons. The van der Waals surface area contributed by atoms with Crippen LogP contribution in [0.25, 0.3) is 0 Å². The summed E-state index contributed by atoms with van der Waals surface area (Å²) in [5, 5.41) is 11.3. The van der Waals surface area contributed by atoms with E-state index in [9.17, 15) is 9.90 Å². The molecule has 4 aliphatic carbocycles. The predicted molar refractivity (Wildman–Crippen MR) is 161 cm³/mol. The van der Waals surface area contributed by atoms with Gasteiger partial charge in [-0.15, -0.1) is 0 Å². The number of aliphatic hydroxyl groups excluding tert-OH is 1. The molecule has 2 N–H and O–H groups in total. The summed E-state index contributed by atoms with van der Waals surface area (Å²) in [6.07, 6.45) is 12.7. The van der Waals surface area contributed by atoms with E-state index in [2.05, 4.69) is 31.4 Å². The lowest BCUT2D eigenvalue weighted by Crippen LogP contribution is -2.61. The van der Waals surface area contributed by atoms with E-state index in [1.165, 1.54) is 51.6 Å². The Balaban J connectivity index is 0.000000682. The van der Waals surface area contributed by atoms with E-state index in [-0.39, 0.29) is 35.0 Å². The summed E-state index contributed by atoms with van der Waals surface area (Å²) in [7, 11) is -4.92. The van der Waals surface area contributed by atoms with Gasteiger partial charge in [-0.1, -0.05) is 20.4 Å². The molecule has 10 nitrogen and oxygen atoms in total. The van der Waals surface area contributed by atoms with Crippen LogP contribution >= 0.6 is 0 Å². The highest BCUT2D eigenvalue weighted by Crippen LogP contribution is 2.67. The molecule has 6 rings (SSSR count). The summed E-state index contributed by atoms with van der Waals surface area (Å²) in [6.45, 7) is 17.7. The van der Waals surface area contributed by atoms with Crippen LogP contribution in [0.2, 0.25) is 0 Å². The molecule has 0 unspecified atom stereocenters. The second-order valence-electron chi connectivity index (χ2n) is 15.0. The molecule has 0 aromatic heterocycles. The molecule has 11 heteroatoms. The molecule has 43 heavy (non-hydrogen) atoms. The number of carbonyl (C=O) groups is 1. The van der Waals surface area contributed by atoms with Gasteiger partial charge in [0.1, 0.15) is 6.04 Å². The van der Waals surface area contributed by atoms with Gasteiger partial charge in [-0.05, 0) is 73.7 Å². The van der Waals surface area contributed by atoms with Gasteiger partial charge in [0.2, 0.25) is 10.4 Å². The van der Waals surface area contributed by atoms with E-state index >= 15 is 0 Å². The summed E-state index contributed by atoms with van der Waals surface area (Å²) in [5.74, 6) is 2.54. The topological polar surface area (TPSA) is 136 Å². The summed E-state index contributed by atoms with van der Waals surface area (Å²) in [5.41, 5.74) is 0.343. The molecule has 0 bridgehead atoms. The molecule has 0 amide bonds. The molecular weight excluding hydrogens is 572 g/mol. The number of fused-ring (bicyclic) bond motifs is 5. The molecule has 0 aromatic carbocycles. The van der Waals surface area contributed by atoms with Crippen molar-refractivity contribution in [3.8, 4) is 0 Å². The molecule has 2 saturated heterocycles. The van der Waals surface area contributed by atoms with E-state index in [0.717, 1.165) is 56.6 Å².